The van der Waals surface area contributed by atoms with Crippen molar-refractivity contribution in [2.24, 2.45) is 0 Å². The number of fused-ring (bicyclic) bond motifs is 1. The van der Waals surface area contributed by atoms with Crippen LogP contribution in [0, 0.1) is 0 Å². The highest BCUT2D eigenvalue weighted by Crippen LogP contribution is 2.36. The summed E-state index contributed by atoms with van der Waals surface area (Å²) in [6.45, 7) is 0. The van der Waals surface area contributed by atoms with Gasteiger partial charge in [-0.1, -0.05) is 77.3 Å². The minimum absolute atomic E-state index is 0.0731. The lowest BCUT2D eigenvalue weighted by atomic mass is 9.97. The molecular weight excluding hydrogens is 465 g/mol. The number of aromatic nitrogens is 3. The van der Waals surface area contributed by atoms with Crippen molar-refractivity contribution in [1.29, 1.82) is 0 Å². The largest absolute Gasteiger partial charge is 0.309 e. The van der Waals surface area contributed by atoms with Gasteiger partial charge in [0.15, 0.2) is 5.65 Å². The molecule has 1 unspecified atom stereocenters. The number of pyridine rings is 1. The van der Waals surface area contributed by atoms with Gasteiger partial charge in [-0.25, -0.2) is 9.97 Å². The van der Waals surface area contributed by atoms with Crippen LogP contribution in [-0.2, 0) is 0 Å². The van der Waals surface area contributed by atoms with Crippen LogP contribution in [0.15, 0.2) is 82.7 Å². The highest BCUT2D eigenvalue weighted by atomic mass is 35.5. The number of nitrogens with zero attached hydrogens (tertiary/aromatic N) is 2. The summed E-state index contributed by atoms with van der Waals surface area (Å²) in [5.41, 5.74) is 3.18. The molecule has 1 N–H and O–H groups in total. The van der Waals surface area contributed by atoms with Crippen LogP contribution in [0.25, 0.3) is 33.4 Å². The summed E-state index contributed by atoms with van der Waals surface area (Å²) in [6.07, 6.45) is 6.31. The fourth-order valence-corrected chi connectivity index (χ4v) is 4.28. The molecule has 0 fully saturated rings. The summed E-state index contributed by atoms with van der Waals surface area (Å²) in [6, 6.07) is 16.7. The van der Waals surface area contributed by atoms with Crippen molar-refractivity contribution >= 4 is 45.8 Å². The summed E-state index contributed by atoms with van der Waals surface area (Å²) < 4.78 is 0. The first-order valence-electron chi connectivity index (χ1n) is 9.99. The Bertz CT molecular complexity index is 1460. The summed E-state index contributed by atoms with van der Waals surface area (Å²) in [5, 5.41) is 2.27. The summed E-state index contributed by atoms with van der Waals surface area (Å²) >= 11 is 18.6. The monoisotopic (exact) mass is 479 g/mol. The topological polar surface area (TPSA) is 58.6 Å². The van der Waals surface area contributed by atoms with E-state index in [0.29, 0.717) is 44.1 Å². The molecule has 32 heavy (non-hydrogen) atoms. The molecule has 158 valence electrons. The molecule has 0 saturated heterocycles. The fourth-order valence-electron chi connectivity index (χ4n) is 3.76. The average Bonchev–Trinajstić information content (AvgIpc) is 2.80. The Morgan fingerprint density at radius 3 is 2.44 bits per heavy atom. The van der Waals surface area contributed by atoms with Crippen molar-refractivity contribution in [3.8, 4) is 22.4 Å². The number of halogens is 3. The van der Waals surface area contributed by atoms with Gasteiger partial charge in [-0.2, -0.15) is 0 Å². The van der Waals surface area contributed by atoms with Gasteiger partial charge in [0.05, 0.1) is 11.1 Å². The van der Waals surface area contributed by atoms with E-state index in [1.165, 1.54) is 0 Å². The third-order valence-electron chi connectivity index (χ3n) is 5.40. The van der Waals surface area contributed by atoms with E-state index >= 15 is 0 Å². The number of hydrogen-bond acceptors (Lipinski definition) is 3. The molecule has 1 aliphatic carbocycles. The quantitative estimate of drug-likeness (QED) is 0.339. The molecule has 7 heteroatoms. The van der Waals surface area contributed by atoms with Crippen LogP contribution in [0.3, 0.4) is 0 Å². The number of hydrogen-bond donors (Lipinski definition) is 1. The zero-order chi connectivity index (χ0) is 22.2. The summed E-state index contributed by atoms with van der Waals surface area (Å²) in [4.78, 5) is 25.4. The number of aromatic amines is 1. The van der Waals surface area contributed by atoms with E-state index in [9.17, 15) is 4.79 Å². The van der Waals surface area contributed by atoms with Gasteiger partial charge in [-0.15, -0.1) is 0 Å². The van der Waals surface area contributed by atoms with Crippen molar-refractivity contribution in [2.45, 2.75) is 12.3 Å². The van der Waals surface area contributed by atoms with Crippen molar-refractivity contribution < 1.29 is 0 Å². The summed E-state index contributed by atoms with van der Waals surface area (Å²) in [7, 11) is 0. The first kappa shape index (κ1) is 21.0. The Labute approximate surface area is 199 Å². The number of H-pyrrole nitrogens is 1. The Hall–Kier alpha value is -2.92. The van der Waals surface area contributed by atoms with E-state index in [4.69, 9.17) is 44.8 Å². The smallest absolute Gasteiger partial charge is 0.260 e. The van der Waals surface area contributed by atoms with E-state index in [1.807, 2.05) is 60.7 Å². The van der Waals surface area contributed by atoms with E-state index < -0.39 is 0 Å². The van der Waals surface area contributed by atoms with Crippen molar-refractivity contribution in [3.63, 3.8) is 0 Å². The molecule has 4 aromatic rings. The maximum absolute atomic E-state index is 13.0. The standard InChI is InChI=1S/C25H16Cl3N3O/c26-16-9-5-14(6-10-16)19-13-20-24(29-22(19)18-3-1-2-4-21(18)28)30-23(31-25(20)32)15-7-11-17(27)12-8-15/h1-7,9-13,15H,8H2,(H,29,30,31,32). The van der Waals surface area contributed by atoms with Gasteiger partial charge >= 0.3 is 0 Å². The van der Waals surface area contributed by atoms with E-state index in [1.54, 1.807) is 12.1 Å². The molecule has 1 aliphatic rings. The van der Waals surface area contributed by atoms with E-state index in [0.717, 1.165) is 16.7 Å². The lowest BCUT2D eigenvalue weighted by Crippen LogP contribution is -2.16. The lowest BCUT2D eigenvalue weighted by molar-refractivity contribution is 0.770. The second kappa shape index (κ2) is 8.55. The second-order valence-electron chi connectivity index (χ2n) is 7.48. The second-order valence-corrected chi connectivity index (χ2v) is 8.76. The summed E-state index contributed by atoms with van der Waals surface area (Å²) in [5.74, 6) is 0.479. The minimum Gasteiger partial charge on any atom is -0.309 e. The molecular formula is C25H16Cl3N3O. The van der Waals surface area contributed by atoms with Gasteiger partial charge in [0.2, 0.25) is 0 Å². The third kappa shape index (κ3) is 3.97. The van der Waals surface area contributed by atoms with Crippen LogP contribution >= 0.6 is 34.8 Å². The van der Waals surface area contributed by atoms with Gasteiger partial charge in [0.25, 0.3) is 5.56 Å². The molecule has 2 heterocycles. The molecule has 0 bridgehead atoms. The molecule has 2 aromatic heterocycles. The van der Waals surface area contributed by atoms with Crippen molar-refractivity contribution in [2.75, 3.05) is 0 Å². The van der Waals surface area contributed by atoms with E-state index in [2.05, 4.69) is 4.98 Å². The SMILES string of the molecule is O=c1[nH]c(C2C=CC(Cl)=CC2)nc2nc(-c3ccccc3Cl)c(-c3ccc(Cl)cc3)cc12. The van der Waals surface area contributed by atoms with Crippen LogP contribution in [0.2, 0.25) is 10.0 Å². The molecule has 0 spiro atoms. The van der Waals surface area contributed by atoms with Crippen LogP contribution in [0.5, 0.6) is 0 Å². The maximum Gasteiger partial charge on any atom is 0.260 e. The number of benzene rings is 2. The third-order valence-corrected chi connectivity index (χ3v) is 6.27. The first-order valence-corrected chi connectivity index (χ1v) is 11.1. The molecule has 0 aliphatic heterocycles. The fraction of sp³-hybridized carbons (Fsp3) is 0.0800. The van der Waals surface area contributed by atoms with Crippen LogP contribution in [-0.4, -0.2) is 15.0 Å². The van der Waals surface area contributed by atoms with Crippen molar-refractivity contribution in [1.82, 2.24) is 15.0 Å². The highest BCUT2D eigenvalue weighted by Gasteiger charge is 2.19. The zero-order valence-corrected chi connectivity index (χ0v) is 18.9. The van der Waals surface area contributed by atoms with Crippen LogP contribution < -0.4 is 5.56 Å². The predicted molar refractivity (Wildman–Crippen MR) is 131 cm³/mol. The molecule has 0 saturated carbocycles. The molecule has 0 amide bonds. The van der Waals surface area contributed by atoms with E-state index in [-0.39, 0.29) is 11.5 Å². The molecule has 1 atom stereocenters. The van der Waals surface area contributed by atoms with Gasteiger partial charge in [0.1, 0.15) is 5.82 Å². The van der Waals surface area contributed by atoms with Crippen LogP contribution in [0.1, 0.15) is 18.2 Å². The van der Waals surface area contributed by atoms with Gasteiger partial charge in [0, 0.05) is 32.1 Å². The normalized spacial score (nSPS) is 15.7. The lowest BCUT2D eigenvalue weighted by Gasteiger charge is -2.15. The Balaban J connectivity index is 1.75. The highest BCUT2D eigenvalue weighted by molar-refractivity contribution is 6.33. The first-order chi connectivity index (χ1) is 15.5. The number of allylic oxidation sites excluding steroid dienone is 4. The number of nitrogens with one attached hydrogen (secondary N) is 1. The Morgan fingerprint density at radius 1 is 0.938 bits per heavy atom. The van der Waals surface area contributed by atoms with Gasteiger partial charge < -0.3 is 4.98 Å². The Kier molecular flexibility index (Phi) is 5.60. The van der Waals surface area contributed by atoms with Crippen molar-refractivity contribution in [3.05, 3.63) is 104 Å². The number of rotatable bonds is 3. The molecule has 2 aromatic carbocycles. The van der Waals surface area contributed by atoms with Crippen LogP contribution in [0.4, 0.5) is 0 Å². The molecule has 0 radical (unpaired) electrons. The van der Waals surface area contributed by atoms with Gasteiger partial charge in [-0.05, 0) is 42.3 Å². The Morgan fingerprint density at radius 2 is 1.72 bits per heavy atom. The predicted octanol–water partition coefficient (Wildman–Crippen LogP) is 7.13. The maximum atomic E-state index is 13.0. The average molecular weight is 481 g/mol. The zero-order valence-electron chi connectivity index (χ0n) is 16.6. The van der Waals surface area contributed by atoms with Gasteiger partial charge in [-0.3, -0.25) is 4.79 Å². The molecule has 4 nitrogen and oxygen atoms in total. The minimum atomic E-state index is -0.243. The molecule has 5 rings (SSSR count).